The highest BCUT2D eigenvalue weighted by Gasteiger charge is 2.21. The van der Waals surface area contributed by atoms with Gasteiger partial charge in [0.1, 0.15) is 15.9 Å². The lowest BCUT2D eigenvalue weighted by atomic mass is 10.1. The lowest BCUT2D eigenvalue weighted by molar-refractivity contribution is -0.125. The molecular formula is C15H22N2O4S. The van der Waals surface area contributed by atoms with E-state index in [1.807, 2.05) is 19.1 Å². The van der Waals surface area contributed by atoms with Gasteiger partial charge in [-0.25, -0.2) is 8.42 Å². The Morgan fingerprint density at radius 3 is 2.41 bits per heavy atom. The summed E-state index contributed by atoms with van der Waals surface area (Å²) in [4.78, 5) is 23.5. The van der Waals surface area contributed by atoms with Gasteiger partial charge >= 0.3 is 0 Å². The first kappa shape index (κ1) is 18.2. The number of anilines is 1. The molecule has 1 rings (SSSR count). The molecule has 0 unspecified atom stereocenters. The lowest BCUT2D eigenvalue weighted by Gasteiger charge is -2.18. The molecule has 0 spiro atoms. The highest BCUT2D eigenvalue weighted by atomic mass is 32.2. The maximum atomic E-state index is 12.3. The monoisotopic (exact) mass is 326 g/mol. The summed E-state index contributed by atoms with van der Waals surface area (Å²) < 4.78 is 22.5. The summed E-state index contributed by atoms with van der Waals surface area (Å²) in [5.41, 5.74) is 1.64. The number of hydrogen-bond donors (Lipinski definition) is 2. The Morgan fingerprint density at radius 2 is 1.86 bits per heavy atom. The standard InChI is InChI=1S/C15H22N2O4S/c1-4-12-7-5-6-8-13(12)17-15(19)14(16-11(2)18)9-10-22(3,20)21/h5-8,14H,4,9-10H2,1-3H3,(H,16,18)(H,17,19)/t14-/m0/s1. The fraction of sp³-hybridized carbons (Fsp3) is 0.467. The molecule has 6 nitrogen and oxygen atoms in total. The highest BCUT2D eigenvalue weighted by Crippen LogP contribution is 2.16. The highest BCUT2D eigenvalue weighted by molar-refractivity contribution is 7.90. The fourth-order valence-electron chi connectivity index (χ4n) is 2.02. The topological polar surface area (TPSA) is 92.3 Å². The summed E-state index contributed by atoms with van der Waals surface area (Å²) in [7, 11) is -3.21. The Hall–Kier alpha value is -1.89. The molecule has 122 valence electrons. The molecular weight excluding hydrogens is 304 g/mol. The van der Waals surface area contributed by atoms with Crippen molar-refractivity contribution >= 4 is 27.3 Å². The van der Waals surface area contributed by atoms with Crippen LogP contribution < -0.4 is 10.6 Å². The molecule has 0 saturated heterocycles. The van der Waals surface area contributed by atoms with Crippen LogP contribution in [-0.2, 0) is 25.8 Å². The summed E-state index contributed by atoms with van der Waals surface area (Å²) in [6.07, 6.45) is 1.89. The number of nitrogens with one attached hydrogen (secondary N) is 2. The Balaban J connectivity index is 2.84. The zero-order valence-electron chi connectivity index (χ0n) is 13.0. The van der Waals surface area contributed by atoms with E-state index in [1.54, 1.807) is 12.1 Å². The zero-order chi connectivity index (χ0) is 16.8. The van der Waals surface area contributed by atoms with Crippen molar-refractivity contribution in [2.45, 2.75) is 32.7 Å². The second kappa shape index (κ2) is 7.93. The minimum absolute atomic E-state index is 0.0402. The van der Waals surface area contributed by atoms with Crippen LogP contribution in [0.25, 0.3) is 0 Å². The van der Waals surface area contributed by atoms with Crippen LogP contribution in [0.5, 0.6) is 0 Å². The molecule has 22 heavy (non-hydrogen) atoms. The molecule has 0 aliphatic rings. The van der Waals surface area contributed by atoms with Crippen molar-refractivity contribution in [1.82, 2.24) is 5.32 Å². The molecule has 0 radical (unpaired) electrons. The van der Waals surface area contributed by atoms with Crippen molar-refractivity contribution in [1.29, 1.82) is 0 Å². The van der Waals surface area contributed by atoms with Gasteiger partial charge in [0.2, 0.25) is 11.8 Å². The van der Waals surface area contributed by atoms with Gasteiger partial charge in [-0.2, -0.15) is 0 Å². The van der Waals surface area contributed by atoms with Gasteiger partial charge in [0.15, 0.2) is 0 Å². The van der Waals surface area contributed by atoms with Gasteiger partial charge in [0.05, 0.1) is 5.75 Å². The number of aryl methyl sites for hydroxylation is 1. The van der Waals surface area contributed by atoms with Crippen LogP contribution in [0.3, 0.4) is 0 Å². The third kappa shape index (κ3) is 6.26. The summed E-state index contributed by atoms with van der Waals surface area (Å²) in [6, 6.07) is 6.48. The van der Waals surface area contributed by atoms with Crippen LogP contribution in [0.15, 0.2) is 24.3 Å². The minimum Gasteiger partial charge on any atom is -0.345 e. The molecule has 0 saturated carbocycles. The van der Waals surface area contributed by atoms with E-state index in [9.17, 15) is 18.0 Å². The van der Waals surface area contributed by atoms with E-state index >= 15 is 0 Å². The summed E-state index contributed by atoms with van der Waals surface area (Å²) >= 11 is 0. The number of para-hydroxylation sites is 1. The predicted octanol–water partition coefficient (Wildman–Crippen LogP) is 1.13. The SMILES string of the molecule is CCc1ccccc1NC(=O)[C@H](CCS(C)(=O)=O)NC(C)=O. The summed E-state index contributed by atoms with van der Waals surface area (Å²) in [5, 5.41) is 5.25. The Kier molecular flexibility index (Phi) is 6.55. The second-order valence-electron chi connectivity index (χ2n) is 5.17. The van der Waals surface area contributed by atoms with Crippen molar-refractivity contribution < 1.29 is 18.0 Å². The van der Waals surface area contributed by atoms with Crippen LogP contribution in [0.4, 0.5) is 5.69 Å². The molecule has 0 aliphatic heterocycles. The van der Waals surface area contributed by atoms with Crippen molar-refractivity contribution in [3.63, 3.8) is 0 Å². The van der Waals surface area contributed by atoms with E-state index in [2.05, 4.69) is 10.6 Å². The molecule has 0 aromatic heterocycles. The van der Waals surface area contributed by atoms with Crippen LogP contribution in [0, 0.1) is 0 Å². The molecule has 1 atom stereocenters. The van der Waals surface area contributed by atoms with Crippen LogP contribution in [0.2, 0.25) is 0 Å². The normalized spacial score (nSPS) is 12.5. The first-order valence-corrected chi connectivity index (χ1v) is 9.12. The largest absolute Gasteiger partial charge is 0.345 e. The van der Waals surface area contributed by atoms with Crippen LogP contribution >= 0.6 is 0 Å². The molecule has 2 amide bonds. The smallest absolute Gasteiger partial charge is 0.246 e. The number of hydrogen-bond acceptors (Lipinski definition) is 4. The molecule has 7 heteroatoms. The van der Waals surface area contributed by atoms with Crippen molar-refractivity contribution in [3.8, 4) is 0 Å². The Bertz CT molecular complexity index is 641. The van der Waals surface area contributed by atoms with Gasteiger partial charge in [-0.1, -0.05) is 25.1 Å². The molecule has 1 aromatic rings. The number of carbonyl (C=O) groups excluding carboxylic acids is 2. The average molecular weight is 326 g/mol. The number of sulfone groups is 1. The third-order valence-electron chi connectivity index (χ3n) is 3.13. The van der Waals surface area contributed by atoms with E-state index in [0.717, 1.165) is 18.2 Å². The second-order valence-corrected chi connectivity index (χ2v) is 7.43. The lowest BCUT2D eigenvalue weighted by Crippen LogP contribution is -2.44. The van der Waals surface area contributed by atoms with Gasteiger partial charge in [-0.15, -0.1) is 0 Å². The first-order valence-electron chi connectivity index (χ1n) is 7.06. The predicted molar refractivity (Wildman–Crippen MR) is 86.4 cm³/mol. The van der Waals surface area contributed by atoms with E-state index in [4.69, 9.17) is 0 Å². The van der Waals surface area contributed by atoms with Gasteiger partial charge < -0.3 is 10.6 Å². The quantitative estimate of drug-likeness (QED) is 0.785. The molecule has 0 bridgehead atoms. The van der Waals surface area contributed by atoms with Gasteiger partial charge in [-0.05, 0) is 24.5 Å². The molecule has 0 heterocycles. The maximum Gasteiger partial charge on any atom is 0.246 e. The van der Waals surface area contributed by atoms with E-state index in [0.29, 0.717) is 5.69 Å². The van der Waals surface area contributed by atoms with Gasteiger partial charge in [0, 0.05) is 18.9 Å². The molecule has 0 aliphatic carbocycles. The summed E-state index contributed by atoms with van der Waals surface area (Å²) in [5.74, 6) is -0.960. The van der Waals surface area contributed by atoms with E-state index < -0.39 is 21.8 Å². The minimum atomic E-state index is -3.21. The Labute approximate surface area is 131 Å². The maximum absolute atomic E-state index is 12.3. The van der Waals surface area contributed by atoms with Crippen molar-refractivity contribution in [2.24, 2.45) is 0 Å². The number of benzene rings is 1. The van der Waals surface area contributed by atoms with Gasteiger partial charge in [0.25, 0.3) is 0 Å². The zero-order valence-corrected chi connectivity index (χ0v) is 13.9. The summed E-state index contributed by atoms with van der Waals surface area (Å²) in [6.45, 7) is 3.26. The van der Waals surface area contributed by atoms with E-state index in [-0.39, 0.29) is 18.1 Å². The molecule has 2 N–H and O–H groups in total. The van der Waals surface area contributed by atoms with Gasteiger partial charge in [-0.3, -0.25) is 9.59 Å². The molecule has 1 aromatic carbocycles. The van der Waals surface area contributed by atoms with E-state index in [1.165, 1.54) is 6.92 Å². The van der Waals surface area contributed by atoms with Crippen molar-refractivity contribution in [3.05, 3.63) is 29.8 Å². The van der Waals surface area contributed by atoms with Crippen molar-refractivity contribution in [2.75, 3.05) is 17.3 Å². The average Bonchev–Trinajstić information content (AvgIpc) is 2.42. The molecule has 0 fully saturated rings. The van der Waals surface area contributed by atoms with Crippen LogP contribution in [-0.4, -0.2) is 38.3 Å². The van der Waals surface area contributed by atoms with Crippen LogP contribution in [0.1, 0.15) is 25.8 Å². The third-order valence-corrected chi connectivity index (χ3v) is 4.10. The number of amides is 2. The number of carbonyl (C=O) groups is 2. The fourth-order valence-corrected chi connectivity index (χ4v) is 2.68. The first-order chi connectivity index (χ1) is 10.2. The number of rotatable bonds is 7. The Morgan fingerprint density at radius 1 is 1.23 bits per heavy atom.